The Hall–Kier alpha value is -4.44. The van der Waals surface area contributed by atoms with Crippen LogP contribution >= 0.6 is 7.92 Å². The highest BCUT2D eigenvalue weighted by Gasteiger charge is 2.18. The first-order valence-corrected chi connectivity index (χ1v) is 13.7. The Kier molecular flexibility index (Phi) is 6.15. The van der Waals surface area contributed by atoms with Gasteiger partial charge in [-0.3, -0.25) is 0 Å². The molecule has 0 saturated heterocycles. The quantitative estimate of drug-likeness (QED) is 0.225. The fourth-order valence-corrected chi connectivity index (χ4v) is 7.11. The second kappa shape index (κ2) is 9.90. The molecule has 1 atom stereocenters. The standard InChI is InChI=1S/C34H25N2P/c1-3-13-31-25(4-2)24-33-34(35-30-18-11-12-19-32(30)36(31)33)26-20-22-29(23-21-26)37(27-14-7-5-8-15-27)28-16-9-6-10-17-28/h3-5,7-9,11-24H,2H2,1H3/b13-3-. The van der Waals surface area contributed by atoms with Gasteiger partial charge in [0.1, 0.15) is 0 Å². The molecule has 2 aromatic heterocycles. The molecular formula is C34H25N2P. The van der Waals surface area contributed by atoms with E-state index >= 15 is 0 Å². The highest BCUT2D eigenvalue weighted by atomic mass is 31.1. The Bertz CT molecular complexity index is 1690. The first kappa shape index (κ1) is 23.0. The number of allylic oxidation sites excluding steroid dienone is 1. The molecule has 6 rings (SSSR count). The topological polar surface area (TPSA) is 17.3 Å². The average molecular weight is 493 g/mol. The van der Waals surface area contributed by atoms with Crippen LogP contribution in [0.2, 0.25) is 0 Å². The van der Waals surface area contributed by atoms with Gasteiger partial charge in [0.25, 0.3) is 0 Å². The van der Waals surface area contributed by atoms with Crippen molar-refractivity contribution in [3.05, 3.63) is 139 Å². The lowest BCUT2D eigenvalue weighted by Gasteiger charge is -2.19. The molecule has 3 heteroatoms. The number of rotatable bonds is 6. The largest absolute Gasteiger partial charge is 0.306 e. The summed E-state index contributed by atoms with van der Waals surface area (Å²) in [6.45, 7) is 6.11. The summed E-state index contributed by atoms with van der Waals surface area (Å²) in [4.78, 5) is 5.13. The van der Waals surface area contributed by atoms with Gasteiger partial charge in [0.2, 0.25) is 0 Å². The smallest absolute Gasteiger partial charge is 0.0950 e. The Labute approximate surface area is 219 Å². The van der Waals surface area contributed by atoms with Crippen molar-refractivity contribution in [3.63, 3.8) is 0 Å². The number of benzene rings is 3. The summed E-state index contributed by atoms with van der Waals surface area (Å²) in [6.07, 6.45) is 6.14. The molecule has 0 fully saturated rings. The molecular weight excluding hydrogens is 467 g/mol. The lowest BCUT2D eigenvalue weighted by atomic mass is 10.1. The maximum atomic E-state index is 5.13. The minimum absolute atomic E-state index is 0.698. The van der Waals surface area contributed by atoms with E-state index in [4.69, 9.17) is 4.98 Å². The average Bonchev–Trinajstić information content (AvgIpc) is 3.33. The summed E-state index contributed by atoms with van der Waals surface area (Å²) in [5.41, 5.74) is 7.41. The van der Waals surface area contributed by atoms with Crippen LogP contribution < -0.4 is 15.9 Å². The van der Waals surface area contributed by atoms with E-state index in [1.807, 2.05) is 25.1 Å². The highest BCUT2D eigenvalue weighted by Crippen LogP contribution is 2.35. The molecule has 0 saturated carbocycles. The Morgan fingerprint density at radius 3 is 2.30 bits per heavy atom. The van der Waals surface area contributed by atoms with Crippen molar-refractivity contribution in [2.75, 3.05) is 0 Å². The molecule has 176 valence electrons. The third kappa shape index (κ3) is 4.15. The number of fused-ring (bicyclic) bond motifs is 3. The monoisotopic (exact) mass is 492 g/mol. The van der Waals surface area contributed by atoms with Crippen LogP contribution in [0.3, 0.4) is 0 Å². The Morgan fingerprint density at radius 2 is 1.57 bits per heavy atom. The van der Waals surface area contributed by atoms with E-state index in [1.165, 1.54) is 15.9 Å². The van der Waals surface area contributed by atoms with Crippen LogP contribution in [0, 0.1) is 12.1 Å². The number of nitrogens with zero attached hydrogens (tertiary/aromatic N) is 2. The van der Waals surface area contributed by atoms with E-state index < -0.39 is 7.92 Å². The zero-order chi connectivity index (χ0) is 25.2. The molecule has 2 nitrogen and oxygen atoms in total. The predicted octanol–water partition coefficient (Wildman–Crippen LogP) is 7.19. The van der Waals surface area contributed by atoms with Gasteiger partial charge in [-0.2, -0.15) is 0 Å². The van der Waals surface area contributed by atoms with E-state index in [1.54, 1.807) is 0 Å². The SMILES string of the molecule is C=Cc1cc2c(-c3ccc(P(c4cc#ccc4)c4ccccc4)cc3)nc3ccccc3n2c1/C=C\C. The van der Waals surface area contributed by atoms with Crippen LogP contribution in [0.25, 0.3) is 40.0 Å². The van der Waals surface area contributed by atoms with Crippen molar-refractivity contribution in [2.24, 2.45) is 0 Å². The first-order valence-electron chi connectivity index (χ1n) is 12.3. The summed E-state index contributed by atoms with van der Waals surface area (Å²) in [7, 11) is -0.698. The third-order valence-corrected chi connectivity index (χ3v) is 8.95. The van der Waals surface area contributed by atoms with Crippen LogP contribution in [0.1, 0.15) is 18.2 Å². The molecule has 1 unspecified atom stereocenters. The minimum atomic E-state index is -0.698. The summed E-state index contributed by atoms with van der Waals surface area (Å²) >= 11 is 0. The van der Waals surface area contributed by atoms with Gasteiger partial charge in [-0.15, -0.1) is 0 Å². The molecule has 2 heterocycles. The van der Waals surface area contributed by atoms with Gasteiger partial charge < -0.3 is 4.40 Å². The lowest BCUT2D eigenvalue weighted by molar-refractivity contribution is 1.21. The van der Waals surface area contributed by atoms with Crippen LogP contribution in [0.5, 0.6) is 0 Å². The van der Waals surface area contributed by atoms with Crippen LogP contribution in [0.15, 0.2) is 116 Å². The molecule has 37 heavy (non-hydrogen) atoms. The molecule has 0 N–H and O–H groups in total. The van der Waals surface area contributed by atoms with E-state index in [-0.39, 0.29) is 0 Å². The minimum Gasteiger partial charge on any atom is -0.306 e. The van der Waals surface area contributed by atoms with Crippen LogP contribution in [-0.4, -0.2) is 9.38 Å². The molecule has 0 aliphatic heterocycles. The van der Waals surface area contributed by atoms with E-state index in [9.17, 15) is 0 Å². The van der Waals surface area contributed by atoms with Gasteiger partial charge >= 0.3 is 0 Å². The van der Waals surface area contributed by atoms with Crippen molar-refractivity contribution < 1.29 is 0 Å². The first-order chi connectivity index (χ1) is 18.3. The molecule has 4 aromatic carbocycles. The third-order valence-electron chi connectivity index (χ3n) is 6.52. The fourth-order valence-electron chi connectivity index (χ4n) is 4.88. The summed E-state index contributed by atoms with van der Waals surface area (Å²) in [5.74, 6) is 0. The molecule has 0 bridgehead atoms. The van der Waals surface area contributed by atoms with E-state index in [0.29, 0.717) is 0 Å². The van der Waals surface area contributed by atoms with Gasteiger partial charge in [0.15, 0.2) is 0 Å². The van der Waals surface area contributed by atoms with Gasteiger partial charge in [0.05, 0.1) is 27.9 Å². The maximum Gasteiger partial charge on any atom is 0.0950 e. The highest BCUT2D eigenvalue weighted by molar-refractivity contribution is 7.79. The van der Waals surface area contributed by atoms with Crippen molar-refractivity contribution in [2.45, 2.75) is 6.92 Å². The summed E-state index contributed by atoms with van der Waals surface area (Å²) in [6, 6.07) is 42.5. The molecule has 0 spiro atoms. The lowest BCUT2D eigenvalue weighted by Crippen LogP contribution is -2.20. The Balaban J connectivity index is 1.53. The second-order valence-electron chi connectivity index (χ2n) is 8.77. The van der Waals surface area contributed by atoms with Crippen molar-refractivity contribution >= 4 is 52.5 Å². The van der Waals surface area contributed by atoms with Crippen molar-refractivity contribution in [3.8, 4) is 11.3 Å². The molecule has 6 aromatic rings. The maximum absolute atomic E-state index is 5.13. The molecule has 0 aliphatic carbocycles. The van der Waals surface area contributed by atoms with Crippen molar-refractivity contribution in [1.29, 1.82) is 0 Å². The van der Waals surface area contributed by atoms with Gasteiger partial charge in [-0.05, 0) is 73.2 Å². The fraction of sp³-hybridized carbons (Fsp3) is 0.0294. The molecule has 0 amide bonds. The predicted molar refractivity (Wildman–Crippen MR) is 159 cm³/mol. The molecule has 0 aliphatic rings. The van der Waals surface area contributed by atoms with Gasteiger partial charge in [-0.25, -0.2) is 4.98 Å². The van der Waals surface area contributed by atoms with Crippen molar-refractivity contribution in [1.82, 2.24) is 9.38 Å². The number of hydrogen-bond donors (Lipinski definition) is 0. The normalized spacial score (nSPS) is 11.4. The van der Waals surface area contributed by atoms with Gasteiger partial charge in [-0.1, -0.05) is 97.6 Å². The summed E-state index contributed by atoms with van der Waals surface area (Å²) in [5, 5.41) is 3.87. The van der Waals surface area contributed by atoms with E-state index in [0.717, 1.165) is 39.1 Å². The van der Waals surface area contributed by atoms with Crippen LogP contribution in [0.4, 0.5) is 0 Å². The number of hydrogen-bond acceptors (Lipinski definition) is 1. The van der Waals surface area contributed by atoms with Gasteiger partial charge in [0, 0.05) is 11.1 Å². The second-order valence-corrected chi connectivity index (χ2v) is 11.0. The molecule has 0 radical (unpaired) electrons. The van der Waals surface area contributed by atoms with E-state index in [2.05, 4.69) is 126 Å². The van der Waals surface area contributed by atoms with Crippen LogP contribution in [-0.2, 0) is 0 Å². The Morgan fingerprint density at radius 1 is 0.811 bits per heavy atom. The zero-order valence-corrected chi connectivity index (χ0v) is 21.5. The summed E-state index contributed by atoms with van der Waals surface area (Å²) < 4.78 is 2.30. The number of para-hydroxylation sites is 2. The zero-order valence-electron chi connectivity index (χ0n) is 20.6. The number of aromatic nitrogens is 2.